The van der Waals surface area contributed by atoms with Crippen LogP contribution in [0.25, 0.3) is 0 Å². The fourth-order valence-electron chi connectivity index (χ4n) is 4.13. The Labute approximate surface area is 195 Å². The number of nitrogens with one attached hydrogen (secondary N) is 2. The first-order chi connectivity index (χ1) is 16.3. The van der Waals surface area contributed by atoms with Crippen LogP contribution in [0.5, 0.6) is 5.75 Å². The van der Waals surface area contributed by atoms with Gasteiger partial charge in [0.1, 0.15) is 17.1 Å². The van der Waals surface area contributed by atoms with Crippen LogP contribution in [0.1, 0.15) is 31.8 Å². The lowest BCUT2D eigenvalue weighted by atomic mass is 9.95. The molecule has 8 heteroatoms. The van der Waals surface area contributed by atoms with E-state index in [1.54, 1.807) is 6.07 Å². The van der Waals surface area contributed by atoms with Gasteiger partial charge in [0, 0.05) is 24.0 Å². The van der Waals surface area contributed by atoms with Crippen molar-refractivity contribution in [1.29, 1.82) is 0 Å². The van der Waals surface area contributed by atoms with E-state index in [2.05, 4.69) is 10.6 Å². The number of anilines is 1. The quantitative estimate of drug-likeness (QED) is 0.547. The first kappa shape index (κ1) is 23.0. The predicted octanol–water partition coefficient (Wildman–Crippen LogP) is 3.53. The molecule has 0 fully saturated rings. The Balaban J connectivity index is 1.59. The lowest BCUT2D eigenvalue weighted by molar-refractivity contribution is -0.147. The van der Waals surface area contributed by atoms with E-state index >= 15 is 0 Å². The lowest BCUT2D eigenvalue weighted by Gasteiger charge is -2.27. The molecule has 2 N–H and O–H groups in total. The van der Waals surface area contributed by atoms with E-state index in [9.17, 15) is 18.8 Å². The van der Waals surface area contributed by atoms with Gasteiger partial charge in [-0.15, -0.1) is 0 Å². The van der Waals surface area contributed by atoms with Crippen molar-refractivity contribution in [1.82, 2.24) is 5.32 Å². The molecule has 1 aliphatic carbocycles. The van der Waals surface area contributed by atoms with Gasteiger partial charge in [0.15, 0.2) is 0 Å². The zero-order chi connectivity index (χ0) is 24.3. The Morgan fingerprint density at radius 2 is 1.47 bits per heavy atom. The summed E-state index contributed by atoms with van der Waals surface area (Å²) in [4.78, 5) is 38.5. The number of methoxy groups -OCH3 is 2. The molecular formula is C26H23FN2O5. The Bertz CT molecular complexity index is 1230. The molecule has 174 valence electrons. The summed E-state index contributed by atoms with van der Waals surface area (Å²) in [5, 5.41) is 5.54. The highest BCUT2D eigenvalue weighted by molar-refractivity contribution is 6.06. The van der Waals surface area contributed by atoms with Gasteiger partial charge in [-0.3, -0.25) is 9.59 Å². The Hall–Kier alpha value is -4.20. The molecule has 0 atom stereocenters. The molecule has 0 heterocycles. The Morgan fingerprint density at radius 1 is 0.853 bits per heavy atom. The summed E-state index contributed by atoms with van der Waals surface area (Å²) in [5.74, 6) is -1.65. The minimum absolute atomic E-state index is 0.217. The number of esters is 1. The van der Waals surface area contributed by atoms with E-state index in [0.29, 0.717) is 18.6 Å². The van der Waals surface area contributed by atoms with Crippen molar-refractivity contribution in [3.05, 3.63) is 94.8 Å². The van der Waals surface area contributed by atoms with Crippen LogP contribution in [-0.2, 0) is 22.4 Å². The fourth-order valence-corrected chi connectivity index (χ4v) is 4.13. The molecule has 3 aromatic rings. The largest absolute Gasteiger partial charge is 0.495 e. The molecule has 0 spiro atoms. The maximum absolute atomic E-state index is 13.2. The molecular weight excluding hydrogens is 439 g/mol. The summed E-state index contributed by atoms with van der Waals surface area (Å²) in [5.41, 5.74) is 1.42. The summed E-state index contributed by atoms with van der Waals surface area (Å²) < 4.78 is 23.5. The van der Waals surface area contributed by atoms with Crippen molar-refractivity contribution in [2.45, 2.75) is 18.4 Å². The second kappa shape index (κ2) is 9.35. The smallest absolute Gasteiger partial charge is 0.332 e. The summed E-state index contributed by atoms with van der Waals surface area (Å²) in [6.07, 6.45) is 0.623. The van der Waals surface area contributed by atoms with Crippen LogP contribution in [0, 0.1) is 5.82 Å². The van der Waals surface area contributed by atoms with E-state index in [1.807, 2.05) is 24.3 Å². The SMILES string of the molecule is COC(=O)C1(NC(=O)c2ccc(OC)c(NC(=O)c3ccc(F)cc3)c2)Cc2ccccc2C1. The molecule has 7 nitrogen and oxygen atoms in total. The van der Waals surface area contributed by atoms with Gasteiger partial charge < -0.3 is 20.1 Å². The average molecular weight is 462 g/mol. The van der Waals surface area contributed by atoms with Crippen molar-refractivity contribution in [2.75, 3.05) is 19.5 Å². The van der Waals surface area contributed by atoms with Crippen LogP contribution in [0.3, 0.4) is 0 Å². The van der Waals surface area contributed by atoms with Crippen LogP contribution in [0.15, 0.2) is 66.7 Å². The molecule has 3 aromatic carbocycles. The van der Waals surface area contributed by atoms with Crippen LogP contribution in [0.2, 0.25) is 0 Å². The van der Waals surface area contributed by atoms with E-state index in [0.717, 1.165) is 11.1 Å². The zero-order valence-electron chi connectivity index (χ0n) is 18.7. The van der Waals surface area contributed by atoms with Gasteiger partial charge in [-0.2, -0.15) is 0 Å². The highest BCUT2D eigenvalue weighted by Gasteiger charge is 2.46. The molecule has 0 aliphatic heterocycles. The van der Waals surface area contributed by atoms with Crippen LogP contribution in [-0.4, -0.2) is 37.5 Å². The molecule has 1 aliphatic rings. The molecule has 4 rings (SSSR count). The number of carbonyl (C=O) groups is 3. The number of ether oxygens (including phenoxy) is 2. The second-order valence-electron chi connectivity index (χ2n) is 8.03. The number of fused-ring (bicyclic) bond motifs is 1. The topological polar surface area (TPSA) is 93.7 Å². The van der Waals surface area contributed by atoms with Gasteiger partial charge in [-0.25, -0.2) is 9.18 Å². The van der Waals surface area contributed by atoms with Gasteiger partial charge >= 0.3 is 5.97 Å². The highest BCUT2D eigenvalue weighted by atomic mass is 19.1. The lowest BCUT2D eigenvalue weighted by Crippen LogP contribution is -2.56. The number of halogens is 1. The molecule has 0 saturated carbocycles. The number of carbonyl (C=O) groups excluding carboxylic acids is 3. The first-order valence-corrected chi connectivity index (χ1v) is 10.6. The second-order valence-corrected chi connectivity index (χ2v) is 8.03. The minimum Gasteiger partial charge on any atom is -0.495 e. The number of benzene rings is 3. The normalized spacial score (nSPS) is 13.5. The number of hydrogen-bond donors (Lipinski definition) is 2. The molecule has 0 unspecified atom stereocenters. The van der Waals surface area contributed by atoms with Crippen molar-refractivity contribution < 1.29 is 28.2 Å². The molecule has 0 radical (unpaired) electrons. The van der Waals surface area contributed by atoms with E-state index in [-0.39, 0.29) is 16.8 Å². The average Bonchev–Trinajstić information content (AvgIpc) is 3.23. The predicted molar refractivity (Wildman–Crippen MR) is 123 cm³/mol. The van der Waals surface area contributed by atoms with Crippen molar-refractivity contribution in [3.8, 4) is 5.75 Å². The first-order valence-electron chi connectivity index (χ1n) is 10.6. The maximum atomic E-state index is 13.2. The van der Waals surface area contributed by atoms with Gasteiger partial charge in [0.05, 0.1) is 19.9 Å². The summed E-state index contributed by atoms with van der Waals surface area (Å²) >= 11 is 0. The van der Waals surface area contributed by atoms with Crippen molar-refractivity contribution in [2.24, 2.45) is 0 Å². The standard InChI is InChI=1S/C26H23FN2O5/c1-33-22-12-9-17(13-21(22)28-23(30)16-7-10-20(27)11-8-16)24(31)29-26(25(32)34-2)14-18-5-3-4-6-19(18)15-26/h3-13H,14-15H2,1-2H3,(H,28,30)(H,29,31). The monoisotopic (exact) mass is 462 g/mol. The highest BCUT2D eigenvalue weighted by Crippen LogP contribution is 2.32. The summed E-state index contributed by atoms with van der Waals surface area (Å²) in [6, 6.07) is 17.2. The third-order valence-electron chi connectivity index (χ3n) is 5.85. The third kappa shape index (κ3) is 4.47. The van der Waals surface area contributed by atoms with Crippen LogP contribution < -0.4 is 15.4 Å². The van der Waals surface area contributed by atoms with Gasteiger partial charge in [-0.1, -0.05) is 24.3 Å². The molecule has 0 bridgehead atoms. The number of amides is 2. The van der Waals surface area contributed by atoms with Crippen LogP contribution >= 0.6 is 0 Å². The Morgan fingerprint density at radius 3 is 2.06 bits per heavy atom. The summed E-state index contributed by atoms with van der Waals surface area (Å²) in [6.45, 7) is 0. The summed E-state index contributed by atoms with van der Waals surface area (Å²) in [7, 11) is 2.72. The van der Waals surface area contributed by atoms with Crippen LogP contribution in [0.4, 0.5) is 10.1 Å². The van der Waals surface area contributed by atoms with Gasteiger partial charge in [-0.05, 0) is 53.6 Å². The zero-order valence-corrected chi connectivity index (χ0v) is 18.7. The van der Waals surface area contributed by atoms with Crippen molar-refractivity contribution >= 4 is 23.5 Å². The van der Waals surface area contributed by atoms with Crippen molar-refractivity contribution in [3.63, 3.8) is 0 Å². The van der Waals surface area contributed by atoms with Gasteiger partial charge in [0.2, 0.25) is 0 Å². The van der Waals surface area contributed by atoms with Gasteiger partial charge in [0.25, 0.3) is 11.8 Å². The molecule has 0 aromatic heterocycles. The number of hydrogen-bond acceptors (Lipinski definition) is 5. The fraction of sp³-hybridized carbons (Fsp3) is 0.192. The Kier molecular flexibility index (Phi) is 6.32. The number of rotatable bonds is 6. The van der Waals surface area contributed by atoms with E-state index < -0.39 is 29.1 Å². The third-order valence-corrected chi connectivity index (χ3v) is 5.85. The molecule has 34 heavy (non-hydrogen) atoms. The maximum Gasteiger partial charge on any atom is 0.332 e. The van der Waals surface area contributed by atoms with E-state index in [4.69, 9.17) is 9.47 Å². The van der Waals surface area contributed by atoms with E-state index in [1.165, 1.54) is 50.6 Å². The molecule has 0 saturated heterocycles. The molecule has 2 amide bonds. The minimum atomic E-state index is -1.23.